The molecule has 1 fully saturated rings. The van der Waals surface area contributed by atoms with Gasteiger partial charge >= 0.3 is 6.09 Å². The normalized spacial score (nSPS) is 15.0. The van der Waals surface area contributed by atoms with Gasteiger partial charge in [-0.3, -0.25) is 9.78 Å². The number of rotatable bonds is 11. The number of benzene rings is 1. The number of amides is 2. The van der Waals surface area contributed by atoms with E-state index >= 15 is 0 Å². The molecular formula is C26H39ClN6O3. The summed E-state index contributed by atoms with van der Waals surface area (Å²) in [6, 6.07) is 7.81. The van der Waals surface area contributed by atoms with Crippen LogP contribution in [-0.4, -0.2) is 91.3 Å². The van der Waals surface area contributed by atoms with E-state index in [1.807, 2.05) is 30.5 Å². The molecule has 1 aromatic carbocycles. The standard InChI is InChI=1S/C26H39ClN6O3/c1-26(2,3)36-25(35)31-19-24(34)30-10-5-13-33-16-14-32(15-17-33)12-4-9-28-22-8-11-29-23-18-20(27)6-7-21(22)23/h6-8,11,18H,4-5,9-10,12-17,19H2,1-3H3,(H,28,29)(H,30,34)(H,31,35). The Labute approximate surface area is 218 Å². The molecule has 1 aromatic heterocycles. The number of nitrogens with zero attached hydrogens (tertiary/aromatic N) is 3. The van der Waals surface area contributed by atoms with E-state index in [1.165, 1.54) is 0 Å². The van der Waals surface area contributed by atoms with Crippen molar-refractivity contribution in [2.24, 2.45) is 0 Å². The lowest BCUT2D eigenvalue weighted by Crippen LogP contribution is -2.47. The fraction of sp³-hybridized carbons (Fsp3) is 0.577. The third-order valence-electron chi connectivity index (χ3n) is 5.90. The molecule has 3 rings (SSSR count). The molecule has 0 radical (unpaired) electrons. The fourth-order valence-corrected chi connectivity index (χ4v) is 4.26. The van der Waals surface area contributed by atoms with Gasteiger partial charge in [-0.25, -0.2) is 4.79 Å². The number of nitrogens with one attached hydrogen (secondary N) is 3. The number of piperazine rings is 1. The highest BCUT2D eigenvalue weighted by Crippen LogP contribution is 2.24. The Morgan fingerprint density at radius 1 is 1.00 bits per heavy atom. The first-order valence-electron chi connectivity index (χ1n) is 12.7. The lowest BCUT2D eigenvalue weighted by Gasteiger charge is -2.34. The molecule has 1 aliphatic heterocycles. The van der Waals surface area contributed by atoms with Crippen molar-refractivity contribution in [1.82, 2.24) is 25.4 Å². The van der Waals surface area contributed by atoms with Gasteiger partial charge in [-0.15, -0.1) is 0 Å². The number of hydrogen-bond acceptors (Lipinski definition) is 7. The van der Waals surface area contributed by atoms with E-state index in [2.05, 4.69) is 30.7 Å². The maximum absolute atomic E-state index is 11.9. The minimum Gasteiger partial charge on any atom is -0.444 e. The molecular weight excluding hydrogens is 480 g/mol. The minimum absolute atomic E-state index is 0.0752. The van der Waals surface area contributed by atoms with Gasteiger partial charge in [0.1, 0.15) is 5.60 Å². The average Bonchev–Trinajstić information content (AvgIpc) is 2.83. The summed E-state index contributed by atoms with van der Waals surface area (Å²) in [5.74, 6) is -0.206. The maximum atomic E-state index is 11.9. The number of ether oxygens (including phenoxy) is 1. The van der Waals surface area contributed by atoms with E-state index in [0.29, 0.717) is 11.6 Å². The average molecular weight is 519 g/mol. The van der Waals surface area contributed by atoms with E-state index in [1.54, 1.807) is 20.8 Å². The molecule has 1 saturated heterocycles. The predicted octanol–water partition coefficient (Wildman–Crippen LogP) is 3.34. The lowest BCUT2D eigenvalue weighted by atomic mass is 10.2. The van der Waals surface area contributed by atoms with Crippen LogP contribution in [0, 0.1) is 0 Å². The molecule has 198 valence electrons. The van der Waals surface area contributed by atoms with Gasteiger partial charge in [0.25, 0.3) is 0 Å². The molecule has 0 atom stereocenters. The van der Waals surface area contributed by atoms with E-state index in [9.17, 15) is 9.59 Å². The van der Waals surface area contributed by atoms with Crippen molar-refractivity contribution in [3.8, 4) is 0 Å². The van der Waals surface area contributed by atoms with Gasteiger partial charge in [-0.05, 0) is 71.0 Å². The van der Waals surface area contributed by atoms with E-state index in [0.717, 1.165) is 75.2 Å². The Balaban J connectivity index is 1.22. The van der Waals surface area contributed by atoms with Crippen LogP contribution in [-0.2, 0) is 9.53 Å². The van der Waals surface area contributed by atoms with Crippen molar-refractivity contribution in [1.29, 1.82) is 0 Å². The number of anilines is 1. The number of pyridine rings is 1. The largest absolute Gasteiger partial charge is 0.444 e. The molecule has 0 spiro atoms. The Morgan fingerprint density at radius 3 is 2.33 bits per heavy atom. The van der Waals surface area contributed by atoms with Crippen molar-refractivity contribution < 1.29 is 14.3 Å². The number of fused-ring (bicyclic) bond motifs is 1. The van der Waals surface area contributed by atoms with Gasteiger partial charge in [0.05, 0.1) is 12.1 Å². The second-order valence-electron chi connectivity index (χ2n) is 10.0. The van der Waals surface area contributed by atoms with Crippen molar-refractivity contribution in [2.45, 2.75) is 39.2 Å². The van der Waals surface area contributed by atoms with Crippen molar-refractivity contribution >= 4 is 40.2 Å². The van der Waals surface area contributed by atoms with Crippen LogP contribution < -0.4 is 16.0 Å². The number of hydrogen-bond donors (Lipinski definition) is 3. The first-order valence-corrected chi connectivity index (χ1v) is 13.0. The van der Waals surface area contributed by atoms with Gasteiger partial charge in [0.2, 0.25) is 5.91 Å². The van der Waals surface area contributed by atoms with Gasteiger partial charge < -0.3 is 30.5 Å². The second-order valence-corrected chi connectivity index (χ2v) is 10.5. The van der Waals surface area contributed by atoms with Gasteiger partial charge in [-0.1, -0.05) is 11.6 Å². The Kier molecular flexibility index (Phi) is 10.6. The van der Waals surface area contributed by atoms with Crippen LogP contribution in [0.15, 0.2) is 30.5 Å². The van der Waals surface area contributed by atoms with Crippen LogP contribution >= 0.6 is 11.6 Å². The first kappa shape index (κ1) is 28.0. The summed E-state index contributed by atoms with van der Waals surface area (Å²) in [5, 5.41) is 10.6. The summed E-state index contributed by atoms with van der Waals surface area (Å²) in [4.78, 5) is 32.8. The molecule has 2 aromatic rings. The molecule has 1 aliphatic rings. The van der Waals surface area contributed by atoms with Crippen molar-refractivity contribution in [3.05, 3.63) is 35.5 Å². The summed E-state index contributed by atoms with van der Waals surface area (Å²) in [6.45, 7) is 13.0. The highest BCUT2D eigenvalue weighted by Gasteiger charge is 2.17. The highest BCUT2D eigenvalue weighted by molar-refractivity contribution is 6.31. The molecule has 0 saturated carbocycles. The summed E-state index contributed by atoms with van der Waals surface area (Å²) >= 11 is 6.08. The number of halogens is 1. The van der Waals surface area contributed by atoms with Crippen LogP contribution in [0.1, 0.15) is 33.6 Å². The molecule has 2 heterocycles. The number of carbonyl (C=O) groups is 2. The molecule has 2 amide bonds. The second kappa shape index (κ2) is 13.6. The maximum Gasteiger partial charge on any atom is 0.408 e. The lowest BCUT2D eigenvalue weighted by molar-refractivity contribution is -0.120. The zero-order chi connectivity index (χ0) is 26.0. The molecule has 3 N–H and O–H groups in total. The monoisotopic (exact) mass is 518 g/mol. The molecule has 0 bridgehead atoms. The summed E-state index contributed by atoms with van der Waals surface area (Å²) < 4.78 is 5.12. The van der Waals surface area contributed by atoms with Crippen LogP contribution in [0.5, 0.6) is 0 Å². The fourth-order valence-electron chi connectivity index (χ4n) is 4.10. The van der Waals surface area contributed by atoms with Crippen molar-refractivity contribution in [3.63, 3.8) is 0 Å². The van der Waals surface area contributed by atoms with Gasteiger partial charge in [-0.2, -0.15) is 0 Å². The highest BCUT2D eigenvalue weighted by atomic mass is 35.5. The zero-order valence-corrected chi connectivity index (χ0v) is 22.4. The SMILES string of the molecule is CC(C)(C)OC(=O)NCC(=O)NCCCN1CCN(CCCNc2ccnc3cc(Cl)ccc23)CC1. The third-order valence-corrected chi connectivity index (χ3v) is 6.14. The van der Waals surface area contributed by atoms with Crippen LogP contribution in [0.2, 0.25) is 5.02 Å². The van der Waals surface area contributed by atoms with Crippen LogP contribution in [0.3, 0.4) is 0 Å². The summed E-state index contributed by atoms with van der Waals surface area (Å²) in [6.07, 6.45) is 3.18. The number of carbonyl (C=O) groups excluding carboxylic acids is 2. The van der Waals surface area contributed by atoms with Gasteiger partial charge in [0, 0.05) is 61.6 Å². The number of alkyl carbamates (subject to hydrolysis) is 1. The Bertz CT molecular complexity index is 1000. The van der Waals surface area contributed by atoms with Gasteiger partial charge in [0.15, 0.2) is 0 Å². The van der Waals surface area contributed by atoms with E-state index in [4.69, 9.17) is 16.3 Å². The van der Waals surface area contributed by atoms with E-state index < -0.39 is 11.7 Å². The molecule has 10 heteroatoms. The van der Waals surface area contributed by atoms with Crippen LogP contribution in [0.25, 0.3) is 10.9 Å². The van der Waals surface area contributed by atoms with Crippen molar-refractivity contribution in [2.75, 3.05) is 64.2 Å². The molecule has 0 aliphatic carbocycles. The molecule has 36 heavy (non-hydrogen) atoms. The Hall–Kier alpha value is -2.62. The first-order chi connectivity index (χ1) is 17.2. The minimum atomic E-state index is -0.581. The Morgan fingerprint density at radius 2 is 1.67 bits per heavy atom. The zero-order valence-electron chi connectivity index (χ0n) is 21.6. The smallest absolute Gasteiger partial charge is 0.408 e. The molecule has 9 nitrogen and oxygen atoms in total. The molecule has 0 unspecified atom stereocenters. The number of aromatic nitrogens is 1. The predicted molar refractivity (Wildman–Crippen MR) is 145 cm³/mol. The quantitative estimate of drug-likeness (QED) is 0.392. The van der Waals surface area contributed by atoms with E-state index in [-0.39, 0.29) is 12.5 Å². The summed E-state index contributed by atoms with van der Waals surface area (Å²) in [7, 11) is 0. The van der Waals surface area contributed by atoms with Crippen LogP contribution in [0.4, 0.5) is 10.5 Å². The third kappa shape index (κ3) is 9.79. The topological polar surface area (TPSA) is 98.8 Å². The summed E-state index contributed by atoms with van der Waals surface area (Å²) in [5.41, 5.74) is 1.42.